The summed E-state index contributed by atoms with van der Waals surface area (Å²) >= 11 is 0. The Kier molecular flexibility index (Phi) is 6.16. The molecule has 1 unspecified atom stereocenters. The molecule has 9 nitrogen and oxygen atoms in total. The predicted molar refractivity (Wildman–Crippen MR) is 115 cm³/mol. The highest BCUT2D eigenvalue weighted by Gasteiger charge is 2.34. The molecule has 2 heterocycles. The number of methoxy groups -OCH3 is 4. The number of likely N-dealkylation sites (tertiary alicyclic amines) is 1. The predicted octanol–water partition coefficient (Wildman–Crippen LogP) is 3.29. The van der Waals surface area contributed by atoms with Crippen LogP contribution in [0, 0.1) is 0 Å². The van der Waals surface area contributed by atoms with Crippen molar-refractivity contribution in [2.75, 3.05) is 35.0 Å². The molecule has 9 heteroatoms. The molecule has 3 aromatic rings. The minimum atomic E-state index is -0.166. The van der Waals surface area contributed by atoms with Gasteiger partial charge in [-0.3, -0.25) is 4.79 Å². The topological polar surface area (TPSA) is 96.2 Å². The van der Waals surface area contributed by atoms with E-state index in [9.17, 15) is 4.79 Å². The van der Waals surface area contributed by atoms with Gasteiger partial charge in [0.2, 0.25) is 5.91 Å². The van der Waals surface area contributed by atoms with Gasteiger partial charge < -0.3 is 28.4 Å². The van der Waals surface area contributed by atoms with Gasteiger partial charge in [-0.25, -0.2) is 0 Å². The van der Waals surface area contributed by atoms with E-state index >= 15 is 0 Å². The Morgan fingerprint density at radius 1 is 0.969 bits per heavy atom. The normalized spacial score (nSPS) is 15.7. The first-order valence-electron chi connectivity index (χ1n) is 10.1. The van der Waals surface area contributed by atoms with Crippen molar-refractivity contribution < 1.29 is 28.3 Å². The zero-order valence-electron chi connectivity index (χ0n) is 18.5. The average molecular weight is 439 g/mol. The Bertz CT molecular complexity index is 1110. The first-order chi connectivity index (χ1) is 15.6. The fourth-order valence-corrected chi connectivity index (χ4v) is 3.79. The molecule has 1 aliphatic heterocycles. The zero-order valence-corrected chi connectivity index (χ0v) is 18.5. The van der Waals surface area contributed by atoms with E-state index in [0.717, 1.165) is 5.56 Å². The highest BCUT2D eigenvalue weighted by Crippen LogP contribution is 2.35. The molecule has 4 rings (SSSR count). The molecule has 1 aliphatic rings. The van der Waals surface area contributed by atoms with Crippen LogP contribution in [0.1, 0.15) is 23.7 Å². The van der Waals surface area contributed by atoms with E-state index in [4.69, 9.17) is 23.5 Å². The van der Waals surface area contributed by atoms with E-state index in [-0.39, 0.29) is 11.8 Å². The minimum absolute atomic E-state index is 0.0215. The lowest BCUT2D eigenvalue weighted by molar-refractivity contribution is -0.128. The van der Waals surface area contributed by atoms with Gasteiger partial charge >= 0.3 is 0 Å². The Labute approximate surface area is 185 Å². The maximum atomic E-state index is 12.7. The van der Waals surface area contributed by atoms with Crippen molar-refractivity contribution in [3.63, 3.8) is 0 Å². The molecule has 1 amide bonds. The van der Waals surface area contributed by atoms with Crippen molar-refractivity contribution >= 4 is 5.91 Å². The number of ether oxygens (including phenoxy) is 4. The Hall–Kier alpha value is -3.75. The summed E-state index contributed by atoms with van der Waals surface area (Å²) in [5.74, 6) is 3.32. The molecule has 1 saturated heterocycles. The van der Waals surface area contributed by atoms with Gasteiger partial charge in [0, 0.05) is 37.1 Å². The smallest absolute Gasteiger partial charge is 0.261 e. The first kappa shape index (κ1) is 21.5. The van der Waals surface area contributed by atoms with Gasteiger partial charge in [-0.1, -0.05) is 5.16 Å². The van der Waals surface area contributed by atoms with E-state index in [1.165, 1.54) is 0 Å². The lowest BCUT2D eigenvalue weighted by atomic mass is 10.1. The van der Waals surface area contributed by atoms with Crippen LogP contribution in [0.25, 0.3) is 11.5 Å². The van der Waals surface area contributed by atoms with Gasteiger partial charge in [0.25, 0.3) is 5.89 Å². The number of carbonyl (C=O) groups is 1. The van der Waals surface area contributed by atoms with Gasteiger partial charge in [0.1, 0.15) is 23.0 Å². The molecule has 0 spiro atoms. The van der Waals surface area contributed by atoms with E-state index in [1.807, 2.05) is 18.2 Å². The largest absolute Gasteiger partial charge is 0.497 e. The molecule has 0 bridgehead atoms. The van der Waals surface area contributed by atoms with Crippen molar-refractivity contribution in [3.8, 4) is 34.5 Å². The minimum Gasteiger partial charge on any atom is -0.497 e. The SMILES string of the molecule is COc1ccc(OC)c(CN2CC(c3noc(-c4ccc(OC)cc4OC)n3)CC2=O)c1. The van der Waals surface area contributed by atoms with Crippen molar-refractivity contribution in [3.05, 3.63) is 47.8 Å². The second-order valence-corrected chi connectivity index (χ2v) is 7.38. The molecule has 1 aromatic heterocycles. The van der Waals surface area contributed by atoms with Crippen LogP contribution in [0.2, 0.25) is 0 Å². The molecule has 0 saturated carbocycles. The average Bonchev–Trinajstić information content (AvgIpc) is 3.45. The summed E-state index contributed by atoms with van der Waals surface area (Å²) in [5, 5.41) is 4.13. The van der Waals surface area contributed by atoms with Crippen LogP contribution in [0.5, 0.6) is 23.0 Å². The maximum absolute atomic E-state index is 12.7. The van der Waals surface area contributed by atoms with Crippen LogP contribution in [0.4, 0.5) is 0 Å². The van der Waals surface area contributed by atoms with Gasteiger partial charge in [-0.2, -0.15) is 4.98 Å². The number of rotatable bonds is 8. The van der Waals surface area contributed by atoms with Crippen LogP contribution in [0.15, 0.2) is 40.9 Å². The van der Waals surface area contributed by atoms with E-state index in [2.05, 4.69) is 10.1 Å². The Balaban J connectivity index is 1.52. The number of hydrogen-bond acceptors (Lipinski definition) is 8. The summed E-state index contributed by atoms with van der Waals surface area (Å²) < 4.78 is 26.9. The molecular formula is C23H25N3O6. The molecular weight excluding hydrogens is 414 g/mol. The Morgan fingerprint density at radius 2 is 1.69 bits per heavy atom. The number of carbonyl (C=O) groups excluding carboxylic acids is 1. The van der Waals surface area contributed by atoms with Crippen LogP contribution >= 0.6 is 0 Å². The molecule has 1 atom stereocenters. The fraction of sp³-hybridized carbons (Fsp3) is 0.348. The maximum Gasteiger partial charge on any atom is 0.261 e. The van der Waals surface area contributed by atoms with E-state index in [1.54, 1.807) is 51.5 Å². The quantitative estimate of drug-likeness (QED) is 0.528. The summed E-state index contributed by atoms with van der Waals surface area (Å²) in [6.45, 7) is 0.893. The molecule has 0 radical (unpaired) electrons. The van der Waals surface area contributed by atoms with Crippen molar-refractivity contribution in [1.29, 1.82) is 0 Å². The van der Waals surface area contributed by atoms with Gasteiger partial charge in [-0.05, 0) is 30.3 Å². The monoisotopic (exact) mass is 439 g/mol. The highest BCUT2D eigenvalue weighted by molar-refractivity contribution is 5.79. The van der Waals surface area contributed by atoms with Crippen molar-refractivity contribution in [2.24, 2.45) is 0 Å². The molecule has 32 heavy (non-hydrogen) atoms. The number of nitrogens with zero attached hydrogens (tertiary/aromatic N) is 3. The third-order valence-corrected chi connectivity index (χ3v) is 5.51. The van der Waals surface area contributed by atoms with Crippen LogP contribution in [0.3, 0.4) is 0 Å². The summed E-state index contributed by atoms with van der Waals surface area (Å²) in [5.41, 5.74) is 1.53. The summed E-state index contributed by atoms with van der Waals surface area (Å²) in [4.78, 5) is 19.0. The summed E-state index contributed by atoms with van der Waals surface area (Å²) in [6, 6.07) is 10.9. The Morgan fingerprint density at radius 3 is 2.41 bits per heavy atom. The fourth-order valence-electron chi connectivity index (χ4n) is 3.79. The number of hydrogen-bond donors (Lipinski definition) is 0. The third-order valence-electron chi connectivity index (χ3n) is 5.51. The van der Waals surface area contributed by atoms with Gasteiger partial charge in [0.05, 0.1) is 34.0 Å². The molecule has 168 valence electrons. The summed E-state index contributed by atoms with van der Waals surface area (Å²) in [6.07, 6.45) is 0.311. The number of aromatic nitrogens is 2. The van der Waals surface area contributed by atoms with Gasteiger partial charge in [-0.15, -0.1) is 0 Å². The van der Waals surface area contributed by atoms with E-state index in [0.29, 0.717) is 59.8 Å². The van der Waals surface area contributed by atoms with E-state index < -0.39 is 0 Å². The van der Waals surface area contributed by atoms with Gasteiger partial charge in [0.15, 0.2) is 5.82 Å². The summed E-state index contributed by atoms with van der Waals surface area (Å²) in [7, 11) is 6.36. The standard InChI is InChI=1S/C23H25N3O6/c1-28-16-6-8-19(30-3)14(9-16)12-26-13-15(10-21(26)27)22-24-23(32-25-22)18-7-5-17(29-2)11-20(18)31-4/h5-9,11,15H,10,12-13H2,1-4H3. The van der Waals surface area contributed by atoms with Crippen LogP contribution in [-0.2, 0) is 11.3 Å². The van der Waals surface area contributed by atoms with Crippen LogP contribution < -0.4 is 18.9 Å². The highest BCUT2D eigenvalue weighted by atomic mass is 16.5. The number of amides is 1. The second-order valence-electron chi connectivity index (χ2n) is 7.38. The molecule has 1 fully saturated rings. The lowest BCUT2D eigenvalue weighted by Crippen LogP contribution is -2.24. The zero-order chi connectivity index (χ0) is 22.7. The first-order valence-corrected chi connectivity index (χ1v) is 10.1. The molecule has 0 aliphatic carbocycles. The lowest BCUT2D eigenvalue weighted by Gasteiger charge is -2.18. The van der Waals surface area contributed by atoms with Crippen LogP contribution in [-0.4, -0.2) is 55.9 Å². The second kappa shape index (κ2) is 9.17. The molecule has 0 N–H and O–H groups in total. The number of benzene rings is 2. The molecule has 2 aromatic carbocycles. The third kappa shape index (κ3) is 4.18. The van der Waals surface area contributed by atoms with Crippen molar-refractivity contribution in [1.82, 2.24) is 15.0 Å². The van der Waals surface area contributed by atoms with Crippen molar-refractivity contribution in [2.45, 2.75) is 18.9 Å².